The molecule has 1 unspecified atom stereocenters. The molecule has 0 amide bonds. The minimum atomic E-state index is -0.633. The molecule has 1 aromatic carbocycles. The molecule has 0 radical (unpaired) electrons. The number of rotatable bonds is 10. The summed E-state index contributed by atoms with van der Waals surface area (Å²) in [5.41, 5.74) is 1.62. The number of nitrogens with zero attached hydrogens (tertiary/aromatic N) is 6. The predicted octanol–water partition coefficient (Wildman–Crippen LogP) is 3.69. The van der Waals surface area contributed by atoms with Crippen LogP contribution >= 0.6 is 0 Å². The van der Waals surface area contributed by atoms with Crippen molar-refractivity contribution in [2.45, 2.75) is 65.0 Å². The summed E-state index contributed by atoms with van der Waals surface area (Å²) in [6, 6.07) is 8.54. The van der Waals surface area contributed by atoms with Crippen LogP contribution in [0.1, 0.15) is 68.6 Å². The van der Waals surface area contributed by atoms with Crippen LogP contribution in [-0.4, -0.2) is 35.4 Å². The number of allylic oxidation sites excluding steroid dienone is 2. The van der Waals surface area contributed by atoms with E-state index in [1.54, 1.807) is 0 Å². The second-order valence-corrected chi connectivity index (χ2v) is 8.73. The number of hydrogen-bond acceptors (Lipinski definition) is 6. The monoisotopic (exact) mass is 432 g/mol. The topological polar surface area (TPSA) is 97.2 Å². The highest BCUT2D eigenvalue weighted by Crippen LogP contribution is 2.30. The SMILES string of the molecule is CCCCn1nc(CCC(C)C)nc1Cc1ccc(C2(c3nn[nH]n3)C=CC=CN2)cc1. The van der Waals surface area contributed by atoms with E-state index in [0.717, 1.165) is 55.9 Å². The molecule has 1 aliphatic heterocycles. The van der Waals surface area contributed by atoms with E-state index >= 15 is 0 Å². The molecule has 1 atom stereocenters. The average molecular weight is 433 g/mol. The molecule has 2 N–H and O–H groups in total. The fraction of sp³-hybridized carbons (Fsp3) is 0.458. The summed E-state index contributed by atoms with van der Waals surface area (Å²) in [5, 5.41) is 23.0. The maximum Gasteiger partial charge on any atom is 0.208 e. The van der Waals surface area contributed by atoms with Crippen molar-refractivity contribution in [1.82, 2.24) is 40.7 Å². The Morgan fingerprint density at radius 3 is 2.62 bits per heavy atom. The molecule has 4 rings (SSSR count). The van der Waals surface area contributed by atoms with E-state index < -0.39 is 5.54 Å². The van der Waals surface area contributed by atoms with Gasteiger partial charge in [-0.3, -0.25) is 0 Å². The van der Waals surface area contributed by atoms with E-state index in [2.05, 4.69) is 81.7 Å². The summed E-state index contributed by atoms with van der Waals surface area (Å²) in [4.78, 5) is 4.88. The van der Waals surface area contributed by atoms with Crippen LogP contribution in [0.15, 0.2) is 48.7 Å². The van der Waals surface area contributed by atoms with Gasteiger partial charge in [0.15, 0.2) is 5.82 Å². The van der Waals surface area contributed by atoms with E-state index in [-0.39, 0.29) is 0 Å². The van der Waals surface area contributed by atoms with Crippen molar-refractivity contribution >= 4 is 0 Å². The summed E-state index contributed by atoms with van der Waals surface area (Å²) in [7, 11) is 0. The van der Waals surface area contributed by atoms with Gasteiger partial charge < -0.3 is 5.32 Å². The Labute approximate surface area is 189 Å². The van der Waals surface area contributed by atoms with Crippen molar-refractivity contribution in [3.8, 4) is 0 Å². The molecule has 0 spiro atoms. The second-order valence-electron chi connectivity index (χ2n) is 8.73. The Balaban J connectivity index is 1.56. The van der Waals surface area contributed by atoms with Crippen molar-refractivity contribution in [2.75, 3.05) is 0 Å². The largest absolute Gasteiger partial charge is 0.372 e. The molecule has 32 heavy (non-hydrogen) atoms. The molecule has 0 saturated heterocycles. The Morgan fingerprint density at radius 1 is 1.12 bits per heavy atom. The Morgan fingerprint density at radius 2 is 1.97 bits per heavy atom. The van der Waals surface area contributed by atoms with Gasteiger partial charge in [-0.1, -0.05) is 62.7 Å². The minimum absolute atomic E-state index is 0.583. The van der Waals surface area contributed by atoms with Gasteiger partial charge in [0.05, 0.1) is 0 Å². The zero-order valence-corrected chi connectivity index (χ0v) is 19.1. The summed E-state index contributed by atoms with van der Waals surface area (Å²) >= 11 is 0. The van der Waals surface area contributed by atoms with Crippen molar-refractivity contribution in [2.24, 2.45) is 5.92 Å². The van der Waals surface area contributed by atoms with Crippen LogP contribution in [0.25, 0.3) is 0 Å². The molecular formula is C24H32N8. The lowest BCUT2D eigenvalue weighted by molar-refractivity contribution is 0.529. The molecule has 8 heteroatoms. The number of aromatic amines is 1. The van der Waals surface area contributed by atoms with Crippen LogP contribution in [0, 0.1) is 5.92 Å². The highest BCUT2D eigenvalue weighted by molar-refractivity contribution is 5.42. The number of aryl methyl sites for hydroxylation is 2. The van der Waals surface area contributed by atoms with Gasteiger partial charge in [0, 0.05) is 19.4 Å². The van der Waals surface area contributed by atoms with Gasteiger partial charge in [0.2, 0.25) is 5.82 Å². The average Bonchev–Trinajstić information content (AvgIpc) is 3.48. The molecule has 0 bridgehead atoms. The number of benzene rings is 1. The van der Waals surface area contributed by atoms with Gasteiger partial charge in [0.1, 0.15) is 11.4 Å². The Kier molecular flexibility index (Phi) is 6.78. The lowest BCUT2D eigenvalue weighted by Crippen LogP contribution is -2.40. The smallest absolute Gasteiger partial charge is 0.208 e. The van der Waals surface area contributed by atoms with Crippen LogP contribution in [0.2, 0.25) is 0 Å². The van der Waals surface area contributed by atoms with E-state index in [0.29, 0.717) is 11.7 Å². The molecule has 8 nitrogen and oxygen atoms in total. The van der Waals surface area contributed by atoms with Crippen molar-refractivity contribution in [1.29, 1.82) is 0 Å². The first-order valence-electron chi connectivity index (χ1n) is 11.5. The Hall–Kier alpha value is -3.29. The van der Waals surface area contributed by atoms with E-state index in [4.69, 9.17) is 10.1 Å². The highest BCUT2D eigenvalue weighted by Gasteiger charge is 2.35. The third-order valence-electron chi connectivity index (χ3n) is 5.80. The minimum Gasteiger partial charge on any atom is -0.372 e. The number of H-pyrrole nitrogens is 1. The number of dihydropyridines is 1. The quantitative estimate of drug-likeness (QED) is 0.507. The van der Waals surface area contributed by atoms with Crippen LogP contribution in [0.3, 0.4) is 0 Å². The summed E-state index contributed by atoms with van der Waals surface area (Å²) in [6.45, 7) is 7.60. The molecule has 0 saturated carbocycles. The second kappa shape index (κ2) is 9.89. The first kappa shape index (κ1) is 21.9. The molecule has 2 aromatic heterocycles. The van der Waals surface area contributed by atoms with E-state index in [1.165, 1.54) is 5.56 Å². The van der Waals surface area contributed by atoms with Gasteiger partial charge in [-0.2, -0.15) is 10.3 Å². The summed E-state index contributed by atoms with van der Waals surface area (Å²) in [6.07, 6.45) is 13.0. The van der Waals surface area contributed by atoms with Gasteiger partial charge in [-0.15, -0.1) is 10.2 Å². The van der Waals surface area contributed by atoms with Gasteiger partial charge in [-0.25, -0.2) is 9.67 Å². The van der Waals surface area contributed by atoms with Crippen LogP contribution in [0.4, 0.5) is 0 Å². The third kappa shape index (κ3) is 4.79. The van der Waals surface area contributed by atoms with E-state index in [1.807, 2.05) is 18.4 Å². The summed E-state index contributed by atoms with van der Waals surface area (Å²) < 4.78 is 2.10. The summed E-state index contributed by atoms with van der Waals surface area (Å²) in [5.74, 6) is 3.23. The molecule has 1 aliphatic rings. The van der Waals surface area contributed by atoms with Gasteiger partial charge in [-0.05, 0) is 48.2 Å². The lowest BCUT2D eigenvalue weighted by atomic mass is 9.86. The highest BCUT2D eigenvalue weighted by atomic mass is 15.5. The Bertz CT molecular complexity index is 1050. The van der Waals surface area contributed by atoms with Crippen molar-refractivity contribution in [3.05, 3.63) is 77.3 Å². The fourth-order valence-electron chi connectivity index (χ4n) is 3.90. The molecule has 3 heterocycles. The zero-order chi connectivity index (χ0) is 22.4. The molecule has 3 aromatic rings. The van der Waals surface area contributed by atoms with E-state index in [9.17, 15) is 0 Å². The standard InChI is InChI=1S/C24H32N8/c1-4-5-16-32-22(26-21(29-32)13-8-18(2)3)17-19-9-11-20(12-10-19)24(14-6-7-15-25-24)23-27-30-31-28-23/h6-7,9-12,14-15,18,25H,4-5,8,13,16-17H2,1-3H3,(H,27,28,30,31). The maximum absolute atomic E-state index is 4.88. The van der Waals surface area contributed by atoms with Crippen molar-refractivity contribution in [3.63, 3.8) is 0 Å². The number of tetrazole rings is 1. The van der Waals surface area contributed by atoms with Gasteiger partial charge >= 0.3 is 0 Å². The fourth-order valence-corrected chi connectivity index (χ4v) is 3.90. The number of hydrogen-bond donors (Lipinski definition) is 2. The zero-order valence-electron chi connectivity index (χ0n) is 19.1. The van der Waals surface area contributed by atoms with Crippen LogP contribution < -0.4 is 5.32 Å². The normalized spacial score (nSPS) is 17.8. The molecule has 0 aliphatic carbocycles. The molecule has 0 fully saturated rings. The maximum atomic E-state index is 4.88. The first-order chi connectivity index (χ1) is 15.6. The number of nitrogens with one attached hydrogen (secondary N) is 2. The van der Waals surface area contributed by atoms with Crippen molar-refractivity contribution < 1.29 is 0 Å². The van der Waals surface area contributed by atoms with Crippen LogP contribution in [-0.2, 0) is 24.9 Å². The lowest BCUT2D eigenvalue weighted by Gasteiger charge is -2.30. The molecule has 168 valence electrons. The number of unbranched alkanes of at least 4 members (excludes halogenated alkanes) is 1. The van der Waals surface area contributed by atoms with Crippen LogP contribution in [0.5, 0.6) is 0 Å². The third-order valence-corrected chi connectivity index (χ3v) is 5.80. The molecular weight excluding hydrogens is 400 g/mol. The van der Waals surface area contributed by atoms with Gasteiger partial charge in [0.25, 0.3) is 0 Å². The predicted molar refractivity (Wildman–Crippen MR) is 124 cm³/mol. The first-order valence-corrected chi connectivity index (χ1v) is 11.5. The number of aromatic nitrogens is 7.